The zero-order valence-corrected chi connectivity index (χ0v) is 18.8. The van der Waals surface area contributed by atoms with Gasteiger partial charge in [0.25, 0.3) is 0 Å². The zero-order chi connectivity index (χ0) is 22.8. The van der Waals surface area contributed by atoms with Crippen molar-refractivity contribution in [2.45, 2.75) is 45.6 Å². The molecule has 4 aromatic heterocycles. The lowest BCUT2D eigenvalue weighted by molar-refractivity contribution is -0.116. The second kappa shape index (κ2) is 9.05. The summed E-state index contributed by atoms with van der Waals surface area (Å²) in [5.41, 5.74) is 3.48. The lowest BCUT2D eigenvalue weighted by Gasteiger charge is -2.31. The number of pyridine rings is 1. The van der Waals surface area contributed by atoms with Gasteiger partial charge in [-0.15, -0.1) is 0 Å². The van der Waals surface area contributed by atoms with Crippen molar-refractivity contribution in [3.05, 3.63) is 61.2 Å². The fraction of sp³-hybridized carbons (Fsp3) is 0.360. The Morgan fingerprint density at radius 2 is 1.85 bits per heavy atom. The van der Waals surface area contributed by atoms with Crippen LogP contribution in [0.15, 0.2) is 55.5 Å². The molecule has 0 aromatic carbocycles. The molecule has 2 atom stereocenters. The van der Waals surface area contributed by atoms with Crippen LogP contribution in [0.2, 0.25) is 0 Å². The number of carbonyl (C=O) groups is 1. The molecule has 1 fully saturated rings. The van der Waals surface area contributed by atoms with Gasteiger partial charge in [-0.2, -0.15) is 0 Å². The highest BCUT2D eigenvalue weighted by Crippen LogP contribution is 2.40. The van der Waals surface area contributed by atoms with E-state index >= 15 is 0 Å². The average molecular weight is 442 g/mol. The molecule has 1 saturated carbocycles. The summed E-state index contributed by atoms with van der Waals surface area (Å²) < 4.78 is 1.87. The van der Waals surface area contributed by atoms with E-state index in [0.717, 1.165) is 40.8 Å². The lowest BCUT2D eigenvalue weighted by atomic mass is 9.75. The van der Waals surface area contributed by atoms with E-state index < -0.39 is 0 Å². The Kier molecular flexibility index (Phi) is 5.81. The quantitative estimate of drug-likeness (QED) is 0.491. The summed E-state index contributed by atoms with van der Waals surface area (Å²) in [6.45, 7) is 4.81. The van der Waals surface area contributed by atoms with Gasteiger partial charge < -0.3 is 9.88 Å². The van der Waals surface area contributed by atoms with Gasteiger partial charge in [-0.25, -0.2) is 15.0 Å². The van der Waals surface area contributed by atoms with Crippen LogP contribution in [-0.2, 0) is 11.3 Å². The van der Waals surface area contributed by atoms with Gasteiger partial charge in [0.1, 0.15) is 24.3 Å². The number of nitrogens with zero attached hydrogens (tertiary/aromatic N) is 6. The number of aromatic nitrogens is 6. The number of hydrogen-bond donors (Lipinski definition) is 1. The minimum absolute atomic E-state index is 0.158. The molecule has 0 bridgehead atoms. The monoisotopic (exact) mass is 441 g/mol. The van der Waals surface area contributed by atoms with E-state index in [2.05, 4.69) is 44.1 Å². The van der Waals surface area contributed by atoms with Gasteiger partial charge in [0.15, 0.2) is 0 Å². The predicted molar refractivity (Wildman–Crippen MR) is 126 cm³/mol. The smallest absolute Gasteiger partial charge is 0.245 e. The van der Waals surface area contributed by atoms with Crippen LogP contribution in [0.4, 0.5) is 5.82 Å². The lowest BCUT2D eigenvalue weighted by Crippen LogP contribution is -2.20. The van der Waals surface area contributed by atoms with Gasteiger partial charge in [0.2, 0.25) is 5.91 Å². The Hall–Kier alpha value is -3.68. The van der Waals surface area contributed by atoms with Gasteiger partial charge in [0, 0.05) is 41.7 Å². The summed E-state index contributed by atoms with van der Waals surface area (Å²) in [6, 6.07) is 5.67. The maximum absolute atomic E-state index is 12.7. The summed E-state index contributed by atoms with van der Waals surface area (Å²) in [7, 11) is 0. The third-order valence-electron chi connectivity index (χ3n) is 6.36. The summed E-state index contributed by atoms with van der Waals surface area (Å²) in [5, 5.41) is 3.91. The Morgan fingerprint density at radius 1 is 1.00 bits per heavy atom. The third-order valence-corrected chi connectivity index (χ3v) is 6.36. The summed E-state index contributed by atoms with van der Waals surface area (Å²) in [6.07, 6.45) is 13.7. The van der Waals surface area contributed by atoms with Crippen LogP contribution in [0.25, 0.3) is 22.3 Å². The van der Waals surface area contributed by atoms with Crippen LogP contribution in [0, 0.1) is 11.8 Å². The van der Waals surface area contributed by atoms with E-state index in [-0.39, 0.29) is 12.5 Å². The van der Waals surface area contributed by atoms with Crippen molar-refractivity contribution in [3.8, 4) is 11.3 Å². The molecule has 8 nitrogen and oxygen atoms in total. The third kappa shape index (κ3) is 4.60. The van der Waals surface area contributed by atoms with Crippen LogP contribution >= 0.6 is 0 Å². The van der Waals surface area contributed by atoms with E-state index in [4.69, 9.17) is 0 Å². The molecule has 0 radical (unpaired) electrons. The first-order valence-corrected chi connectivity index (χ1v) is 11.4. The first-order valence-electron chi connectivity index (χ1n) is 11.4. The number of carbonyl (C=O) groups excluding carboxylic acids is 1. The van der Waals surface area contributed by atoms with Gasteiger partial charge in [0.05, 0.1) is 17.6 Å². The molecule has 5 rings (SSSR count). The van der Waals surface area contributed by atoms with Crippen LogP contribution < -0.4 is 5.32 Å². The number of nitrogens with one attached hydrogen (secondary N) is 1. The molecule has 2 unspecified atom stereocenters. The Morgan fingerprint density at radius 3 is 2.58 bits per heavy atom. The molecule has 4 aromatic rings. The van der Waals surface area contributed by atoms with Crippen molar-refractivity contribution in [1.29, 1.82) is 0 Å². The largest absolute Gasteiger partial charge is 0.323 e. The maximum atomic E-state index is 12.7. The Bertz CT molecular complexity index is 1240. The predicted octanol–water partition coefficient (Wildman–Crippen LogP) is 4.46. The SMILES string of the molecule is CC1CC(C)CC(c2ncnc3c2ccn3CC(=O)Nc2ccc(-c3cnccn3)cn2)C1. The second-order valence-corrected chi connectivity index (χ2v) is 9.13. The van der Waals surface area contributed by atoms with Crippen LogP contribution in [0.1, 0.15) is 44.7 Å². The standard InChI is InChI=1S/C25H27N7O/c1-16-9-17(2)11-19(10-16)24-20-5-8-32(25(20)30-15-29-24)14-23(33)31-22-4-3-18(12-28-22)21-13-26-6-7-27-21/h3-8,12-13,15-17,19H,9-11,14H2,1-2H3,(H,28,31,33). The highest BCUT2D eigenvalue weighted by Gasteiger charge is 2.28. The van der Waals surface area contributed by atoms with E-state index in [1.54, 1.807) is 37.2 Å². The normalized spacial score (nSPS) is 20.6. The minimum atomic E-state index is -0.160. The van der Waals surface area contributed by atoms with Crippen molar-refractivity contribution in [3.63, 3.8) is 0 Å². The highest BCUT2D eigenvalue weighted by molar-refractivity contribution is 5.91. The van der Waals surface area contributed by atoms with Crippen LogP contribution in [0.5, 0.6) is 0 Å². The molecule has 168 valence electrons. The molecule has 1 N–H and O–H groups in total. The van der Waals surface area contributed by atoms with E-state index in [9.17, 15) is 4.79 Å². The van der Waals surface area contributed by atoms with Crippen molar-refractivity contribution in [2.24, 2.45) is 11.8 Å². The van der Waals surface area contributed by atoms with Gasteiger partial charge in [-0.1, -0.05) is 13.8 Å². The molecule has 33 heavy (non-hydrogen) atoms. The van der Waals surface area contributed by atoms with Crippen molar-refractivity contribution >= 4 is 22.8 Å². The number of fused-ring (bicyclic) bond motifs is 1. The molecule has 1 aliphatic carbocycles. The second-order valence-electron chi connectivity index (χ2n) is 9.13. The summed E-state index contributed by atoms with van der Waals surface area (Å²) in [4.78, 5) is 34.5. The van der Waals surface area contributed by atoms with Gasteiger partial charge in [-0.05, 0) is 49.3 Å². The van der Waals surface area contributed by atoms with Gasteiger partial charge >= 0.3 is 0 Å². The molecule has 0 saturated heterocycles. The van der Waals surface area contributed by atoms with Crippen molar-refractivity contribution in [1.82, 2.24) is 29.5 Å². The molecule has 1 aliphatic rings. The van der Waals surface area contributed by atoms with Gasteiger partial charge in [-0.3, -0.25) is 14.8 Å². The first kappa shape index (κ1) is 21.2. The number of anilines is 1. The van der Waals surface area contributed by atoms with E-state index in [1.807, 2.05) is 22.9 Å². The number of hydrogen-bond acceptors (Lipinski definition) is 6. The summed E-state index contributed by atoms with van der Waals surface area (Å²) >= 11 is 0. The minimum Gasteiger partial charge on any atom is -0.323 e. The molecule has 0 aliphatic heterocycles. The van der Waals surface area contributed by atoms with Crippen LogP contribution in [-0.4, -0.2) is 35.4 Å². The van der Waals surface area contributed by atoms with Crippen molar-refractivity contribution < 1.29 is 4.79 Å². The maximum Gasteiger partial charge on any atom is 0.245 e. The molecule has 0 spiro atoms. The number of rotatable bonds is 5. The molecule has 8 heteroatoms. The summed E-state index contributed by atoms with van der Waals surface area (Å²) in [5.74, 6) is 2.17. The molecule has 1 amide bonds. The highest BCUT2D eigenvalue weighted by atomic mass is 16.2. The van der Waals surface area contributed by atoms with Crippen molar-refractivity contribution in [2.75, 3.05) is 5.32 Å². The van der Waals surface area contributed by atoms with E-state index in [0.29, 0.717) is 23.6 Å². The molecule has 4 heterocycles. The zero-order valence-electron chi connectivity index (χ0n) is 18.8. The number of amides is 1. The topological polar surface area (TPSA) is 98.5 Å². The molecular formula is C25H27N7O. The molecular weight excluding hydrogens is 414 g/mol. The fourth-order valence-electron chi connectivity index (χ4n) is 5.05. The average Bonchev–Trinajstić information content (AvgIpc) is 3.22. The van der Waals surface area contributed by atoms with E-state index in [1.165, 1.54) is 6.42 Å². The van der Waals surface area contributed by atoms with Crippen LogP contribution in [0.3, 0.4) is 0 Å². The Labute approximate surface area is 192 Å². The fourth-order valence-corrected chi connectivity index (χ4v) is 5.05. The Balaban J connectivity index is 1.30. The first-order chi connectivity index (χ1) is 16.1.